The predicted molar refractivity (Wildman–Crippen MR) is 74.8 cm³/mol. The molecule has 0 spiro atoms. The Morgan fingerprint density at radius 1 is 1.15 bits per heavy atom. The van der Waals surface area contributed by atoms with E-state index in [2.05, 4.69) is 0 Å². The summed E-state index contributed by atoms with van der Waals surface area (Å²) in [5.74, 6) is 0.250. The molecule has 2 heterocycles. The van der Waals surface area contributed by atoms with Crippen molar-refractivity contribution in [3.05, 3.63) is 0 Å². The lowest BCUT2D eigenvalue weighted by molar-refractivity contribution is -0.140. The molecular formula is C13H22N2O4S. The van der Waals surface area contributed by atoms with E-state index in [9.17, 15) is 18.0 Å². The third kappa shape index (κ3) is 3.31. The Kier molecular flexibility index (Phi) is 4.36. The number of piperidine rings is 1. The summed E-state index contributed by atoms with van der Waals surface area (Å²) >= 11 is 0. The van der Waals surface area contributed by atoms with Crippen molar-refractivity contribution >= 4 is 21.7 Å². The van der Waals surface area contributed by atoms with Crippen molar-refractivity contribution in [2.75, 3.05) is 31.6 Å². The number of sulfone groups is 1. The van der Waals surface area contributed by atoms with Crippen LogP contribution in [0.2, 0.25) is 0 Å². The van der Waals surface area contributed by atoms with Gasteiger partial charge in [-0.05, 0) is 19.3 Å². The molecule has 0 aliphatic carbocycles. The molecule has 0 aromatic heterocycles. The minimum absolute atomic E-state index is 0.0234. The summed E-state index contributed by atoms with van der Waals surface area (Å²) in [6, 6.07) is -0.182. The molecule has 0 saturated carbocycles. The first kappa shape index (κ1) is 15.3. The number of hydrogen-bond acceptors (Lipinski definition) is 4. The maximum absolute atomic E-state index is 12.4. The van der Waals surface area contributed by atoms with Crippen LogP contribution in [0.4, 0.5) is 0 Å². The van der Waals surface area contributed by atoms with E-state index < -0.39 is 9.84 Å². The van der Waals surface area contributed by atoms with Crippen LogP contribution in [0.25, 0.3) is 0 Å². The molecule has 20 heavy (non-hydrogen) atoms. The Hall–Kier alpha value is -1.11. The molecule has 6 nitrogen and oxygen atoms in total. The maximum atomic E-state index is 12.4. The van der Waals surface area contributed by atoms with Gasteiger partial charge in [0.1, 0.15) is 0 Å². The van der Waals surface area contributed by atoms with Gasteiger partial charge in [-0.2, -0.15) is 0 Å². The van der Waals surface area contributed by atoms with Gasteiger partial charge in [-0.15, -0.1) is 0 Å². The summed E-state index contributed by atoms with van der Waals surface area (Å²) in [4.78, 5) is 27.0. The van der Waals surface area contributed by atoms with Crippen molar-refractivity contribution in [1.82, 2.24) is 9.80 Å². The van der Waals surface area contributed by atoms with E-state index in [4.69, 9.17) is 0 Å². The highest BCUT2D eigenvalue weighted by atomic mass is 32.2. The van der Waals surface area contributed by atoms with E-state index >= 15 is 0 Å². The fourth-order valence-electron chi connectivity index (χ4n) is 2.99. The highest BCUT2D eigenvalue weighted by Gasteiger charge is 2.36. The minimum atomic E-state index is -2.97. The van der Waals surface area contributed by atoms with E-state index in [1.165, 1.54) is 6.92 Å². The molecule has 1 atom stereocenters. The van der Waals surface area contributed by atoms with Crippen LogP contribution in [0.3, 0.4) is 0 Å². The second-order valence-corrected chi connectivity index (χ2v) is 8.02. The van der Waals surface area contributed by atoms with E-state index in [1.807, 2.05) is 0 Å². The molecule has 2 saturated heterocycles. The number of likely N-dealkylation sites (tertiary alicyclic amines) is 1. The summed E-state index contributed by atoms with van der Waals surface area (Å²) in [5, 5.41) is 0. The highest BCUT2D eigenvalue weighted by molar-refractivity contribution is 7.91. The normalized spacial score (nSPS) is 26.5. The Bertz CT molecular complexity index is 495. The number of hydrogen-bond donors (Lipinski definition) is 0. The molecule has 0 aromatic carbocycles. The van der Waals surface area contributed by atoms with E-state index in [1.54, 1.807) is 16.8 Å². The van der Waals surface area contributed by atoms with Crippen LogP contribution in [-0.2, 0) is 19.4 Å². The molecule has 114 valence electrons. The van der Waals surface area contributed by atoms with Gasteiger partial charge in [-0.3, -0.25) is 9.59 Å². The zero-order chi connectivity index (χ0) is 14.9. The molecular weight excluding hydrogens is 280 g/mol. The lowest BCUT2D eigenvalue weighted by Gasteiger charge is -2.34. The standard InChI is InChI=1S/C13H22N2O4S/c1-10(16)15-6-3-11(4-7-15)13(17)14(2)12-5-8-20(18,19)9-12/h11-12H,3-9H2,1-2H3. The third-order valence-corrected chi connectivity index (χ3v) is 6.14. The van der Waals surface area contributed by atoms with Crippen LogP contribution < -0.4 is 0 Å². The molecule has 0 bridgehead atoms. The smallest absolute Gasteiger partial charge is 0.225 e. The maximum Gasteiger partial charge on any atom is 0.225 e. The second-order valence-electron chi connectivity index (χ2n) is 5.79. The van der Waals surface area contributed by atoms with Gasteiger partial charge in [-0.1, -0.05) is 0 Å². The molecule has 0 aromatic rings. The SMILES string of the molecule is CC(=O)N1CCC(C(=O)N(C)C2CCS(=O)(=O)C2)CC1. The Morgan fingerprint density at radius 3 is 2.20 bits per heavy atom. The number of carbonyl (C=O) groups excluding carboxylic acids is 2. The number of amides is 2. The van der Waals surface area contributed by atoms with Gasteiger partial charge < -0.3 is 9.80 Å². The van der Waals surface area contributed by atoms with E-state index in [0.717, 1.165) is 0 Å². The minimum Gasteiger partial charge on any atom is -0.343 e. The number of nitrogens with zero attached hydrogens (tertiary/aromatic N) is 2. The highest BCUT2D eigenvalue weighted by Crippen LogP contribution is 2.23. The summed E-state index contributed by atoms with van der Waals surface area (Å²) in [6.45, 7) is 2.77. The first-order valence-electron chi connectivity index (χ1n) is 7.03. The average molecular weight is 302 g/mol. The predicted octanol–water partition coefficient (Wildman–Crippen LogP) is -0.110. The van der Waals surface area contributed by atoms with Gasteiger partial charge in [0, 0.05) is 39.0 Å². The zero-order valence-corrected chi connectivity index (χ0v) is 12.9. The van der Waals surface area contributed by atoms with Gasteiger partial charge in [0.05, 0.1) is 11.5 Å². The van der Waals surface area contributed by atoms with Crippen molar-refractivity contribution in [3.63, 3.8) is 0 Å². The Balaban J connectivity index is 1.90. The fourth-order valence-corrected chi connectivity index (χ4v) is 4.76. The van der Waals surface area contributed by atoms with Crippen molar-refractivity contribution in [2.45, 2.75) is 32.2 Å². The molecule has 2 amide bonds. The van der Waals surface area contributed by atoms with Crippen LogP contribution in [0.1, 0.15) is 26.2 Å². The monoisotopic (exact) mass is 302 g/mol. The third-order valence-electron chi connectivity index (χ3n) is 4.39. The molecule has 2 rings (SSSR count). The molecule has 2 aliphatic rings. The van der Waals surface area contributed by atoms with Crippen molar-refractivity contribution in [1.29, 1.82) is 0 Å². The quantitative estimate of drug-likeness (QED) is 0.713. The van der Waals surface area contributed by atoms with Crippen molar-refractivity contribution in [3.8, 4) is 0 Å². The van der Waals surface area contributed by atoms with Gasteiger partial charge in [0.2, 0.25) is 11.8 Å². The van der Waals surface area contributed by atoms with Crippen LogP contribution in [0, 0.1) is 5.92 Å². The second kappa shape index (κ2) is 5.71. The molecule has 2 fully saturated rings. The van der Waals surface area contributed by atoms with Crippen molar-refractivity contribution < 1.29 is 18.0 Å². The van der Waals surface area contributed by atoms with Gasteiger partial charge in [0.15, 0.2) is 9.84 Å². The Morgan fingerprint density at radius 2 is 1.75 bits per heavy atom. The lowest BCUT2D eigenvalue weighted by atomic mass is 9.94. The molecule has 1 unspecified atom stereocenters. The van der Waals surface area contributed by atoms with Gasteiger partial charge in [-0.25, -0.2) is 8.42 Å². The Labute approximate surface area is 120 Å². The summed E-state index contributed by atoms with van der Waals surface area (Å²) < 4.78 is 23.0. The lowest BCUT2D eigenvalue weighted by Crippen LogP contribution is -2.46. The number of rotatable bonds is 2. The van der Waals surface area contributed by atoms with Gasteiger partial charge >= 0.3 is 0 Å². The molecule has 0 N–H and O–H groups in total. The number of carbonyl (C=O) groups is 2. The molecule has 2 aliphatic heterocycles. The topological polar surface area (TPSA) is 74.8 Å². The average Bonchev–Trinajstić information content (AvgIpc) is 2.77. The van der Waals surface area contributed by atoms with Crippen LogP contribution in [0.5, 0.6) is 0 Å². The molecule has 7 heteroatoms. The summed E-state index contributed by atoms with van der Waals surface area (Å²) in [6.07, 6.45) is 1.88. The van der Waals surface area contributed by atoms with E-state index in [-0.39, 0.29) is 35.3 Å². The van der Waals surface area contributed by atoms with Crippen LogP contribution in [-0.4, -0.2) is 67.7 Å². The van der Waals surface area contributed by atoms with Crippen molar-refractivity contribution in [2.24, 2.45) is 5.92 Å². The van der Waals surface area contributed by atoms with Crippen LogP contribution >= 0.6 is 0 Å². The fraction of sp³-hybridized carbons (Fsp3) is 0.846. The molecule has 0 radical (unpaired) electrons. The van der Waals surface area contributed by atoms with E-state index in [0.29, 0.717) is 32.4 Å². The summed E-state index contributed by atoms with van der Waals surface area (Å²) in [5.41, 5.74) is 0. The largest absolute Gasteiger partial charge is 0.343 e. The van der Waals surface area contributed by atoms with Gasteiger partial charge in [0.25, 0.3) is 0 Å². The first-order valence-corrected chi connectivity index (χ1v) is 8.85. The van der Waals surface area contributed by atoms with Crippen LogP contribution in [0.15, 0.2) is 0 Å². The zero-order valence-electron chi connectivity index (χ0n) is 12.0. The summed E-state index contributed by atoms with van der Waals surface area (Å²) in [7, 11) is -1.27. The first-order chi connectivity index (χ1) is 9.30.